The Kier molecular flexibility index (Phi) is 7.94. The van der Waals surface area contributed by atoms with Gasteiger partial charge in [0.1, 0.15) is 11.8 Å². The first-order chi connectivity index (χ1) is 11.7. The molecule has 0 spiro atoms. The van der Waals surface area contributed by atoms with E-state index in [4.69, 9.17) is 4.74 Å². The number of methoxy groups -OCH3 is 1. The largest absolute Gasteiger partial charge is 0.497 e. The Bertz CT molecular complexity index is 561. The van der Waals surface area contributed by atoms with Gasteiger partial charge in [0.25, 0.3) is 0 Å². The van der Waals surface area contributed by atoms with Crippen molar-refractivity contribution in [3.8, 4) is 5.75 Å². The van der Waals surface area contributed by atoms with E-state index < -0.39 is 6.04 Å². The predicted molar refractivity (Wildman–Crippen MR) is 100 cm³/mol. The second-order valence-electron chi connectivity index (χ2n) is 7.28. The average Bonchev–Trinajstić information content (AvgIpc) is 2.53. The van der Waals surface area contributed by atoms with Crippen molar-refractivity contribution in [1.82, 2.24) is 10.2 Å². The molecule has 0 aliphatic carbocycles. The number of carbonyl (C=O) groups excluding carboxylic acids is 2. The van der Waals surface area contributed by atoms with Crippen LogP contribution >= 0.6 is 0 Å². The van der Waals surface area contributed by atoms with Gasteiger partial charge in [0.2, 0.25) is 11.8 Å². The van der Waals surface area contributed by atoms with E-state index in [1.807, 2.05) is 58.9 Å². The molecule has 1 rings (SSSR count). The summed E-state index contributed by atoms with van der Waals surface area (Å²) in [6.45, 7) is 10.2. The fraction of sp³-hybridized carbons (Fsp3) is 0.600. The fourth-order valence-electron chi connectivity index (χ4n) is 2.66. The summed E-state index contributed by atoms with van der Waals surface area (Å²) in [4.78, 5) is 27.1. The molecule has 0 aliphatic heterocycles. The minimum Gasteiger partial charge on any atom is -0.497 e. The number of hydrogen-bond donors (Lipinski definition) is 1. The number of carbonyl (C=O) groups is 2. The smallest absolute Gasteiger partial charge is 0.243 e. The van der Waals surface area contributed by atoms with E-state index in [9.17, 15) is 9.59 Å². The lowest BCUT2D eigenvalue weighted by atomic mass is 10.0. The van der Waals surface area contributed by atoms with E-state index in [2.05, 4.69) is 5.32 Å². The van der Waals surface area contributed by atoms with Gasteiger partial charge in [-0.2, -0.15) is 0 Å². The predicted octanol–water partition coefficient (Wildman–Crippen LogP) is 3.52. The molecule has 1 aromatic carbocycles. The summed E-state index contributed by atoms with van der Waals surface area (Å²) in [5, 5.41) is 3.00. The topological polar surface area (TPSA) is 58.6 Å². The Morgan fingerprint density at radius 3 is 2.20 bits per heavy atom. The Balaban J connectivity index is 3.03. The lowest BCUT2D eigenvalue weighted by Crippen LogP contribution is -2.53. The highest BCUT2D eigenvalue weighted by Gasteiger charge is 2.30. The highest BCUT2D eigenvalue weighted by molar-refractivity contribution is 5.88. The van der Waals surface area contributed by atoms with Gasteiger partial charge < -0.3 is 15.0 Å². The number of rotatable bonds is 8. The number of nitrogens with zero attached hydrogens (tertiary/aromatic N) is 1. The van der Waals surface area contributed by atoms with E-state index in [1.165, 1.54) is 0 Å². The lowest BCUT2D eigenvalue weighted by molar-refractivity contribution is -0.142. The van der Waals surface area contributed by atoms with Crippen molar-refractivity contribution in [2.75, 3.05) is 7.11 Å². The molecule has 25 heavy (non-hydrogen) atoms. The van der Waals surface area contributed by atoms with Crippen molar-refractivity contribution < 1.29 is 14.3 Å². The second-order valence-corrected chi connectivity index (χ2v) is 7.28. The van der Waals surface area contributed by atoms with Crippen LogP contribution in [0.4, 0.5) is 0 Å². The fourth-order valence-corrected chi connectivity index (χ4v) is 2.66. The molecule has 2 amide bonds. The molecule has 5 heteroatoms. The van der Waals surface area contributed by atoms with Crippen LogP contribution in [0.1, 0.15) is 59.4 Å². The van der Waals surface area contributed by atoms with Crippen LogP contribution in [0.5, 0.6) is 5.75 Å². The average molecular weight is 348 g/mol. The van der Waals surface area contributed by atoms with Gasteiger partial charge in [-0.1, -0.05) is 26.0 Å². The van der Waals surface area contributed by atoms with Crippen LogP contribution in [-0.2, 0) is 16.1 Å². The molecule has 0 bridgehead atoms. The zero-order chi connectivity index (χ0) is 19.0. The Labute approximate surface area is 151 Å². The first-order valence-corrected chi connectivity index (χ1v) is 8.96. The van der Waals surface area contributed by atoms with Gasteiger partial charge >= 0.3 is 0 Å². The summed E-state index contributed by atoms with van der Waals surface area (Å²) < 4.78 is 5.18. The van der Waals surface area contributed by atoms with Crippen molar-refractivity contribution in [1.29, 1.82) is 0 Å². The van der Waals surface area contributed by atoms with Gasteiger partial charge in [-0.15, -0.1) is 0 Å². The zero-order valence-corrected chi connectivity index (χ0v) is 16.4. The minimum absolute atomic E-state index is 0.00854. The third kappa shape index (κ3) is 6.77. The van der Waals surface area contributed by atoms with Crippen molar-refractivity contribution in [2.45, 2.75) is 72.0 Å². The monoisotopic (exact) mass is 348 g/mol. The standard InChI is InChI=1S/C20H32N2O3/c1-7-9-18(23)22(14-15-10-12-16(25-6)13-11-15)17(8-2)19(24)21-20(3,4)5/h10-13,17H,7-9,14H2,1-6H3,(H,21,24)/t17-/m1/s1. The molecule has 0 aliphatic rings. The highest BCUT2D eigenvalue weighted by atomic mass is 16.5. The lowest BCUT2D eigenvalue weighted by Gasteiger charge is -2.33. The Morgan fingerprint density at radius 1 is 1.16 bits per heavy atom. The molecule has 0 saturated carbocycles. The van der Waals surface area contributed by atoms with E-state index >= 15 is 0 Å². The summed E-state index contributed by atoms with van der Waals surface area (Å²) in [5.74, 6) is 0.676. The molecule has 0 saturated heterocycles. The van der Waals surface area contributed by atoms with Gasteiger partial charge in [0.05, 0.1) is 7.11 Å². The first-order valence-electron chi connectivity index (χ1n) is 8.96. The number of ether oxygens (including phenoxy) is 1. The molecule has 5 nitrogen and oxygen atoms in total. The number of amides is 2. The molecule has 0 fully saturated rings. The molecule has 1 aromatic rings. The summed E-state index contributed by atoms with van der Waals surface area (Å²) >= 11 is 0. The van der Waals surface area contributed by atoms with Crippen LogP contribution in [0.2, 0.25) is 0 Å². The molecular weight excluding hydrogens is 316 g/mol. The Morgan fingerprint density at radius 2 is 1.76 bits per heavy atom. The quantitative estimate of drug-likeness (QED) is 0.782. The van der Waals surface area contributed by atoms with E-state index in [-0.39, 0.29) is 17.4 Å². The van der Waals surface area contributed by atoms with Crippen LogP contribution in [0, 0.1) is 0 Å². The van der Waals surface area contributed by atoms with E-state index in [0.29, 0.717) is 19.4 Å². The van der Waals surface area contributed by atoms with Crippen LogP contribution in [0.25, 0.3) is 0 Å². The van der Waals surface area contributed by atoms with Crippen LogP contribution in [-0.4, -0.2) is 35.4 Å². The molecule has 140 valence electrons. The summed E-state index contributed by atoms with van der Waals surface area (Å²) in [6.07, 6.45) is 1.78. The molecule has 0 heterocycles. The molecule has 0 unspecified atom stereocenters. The normalized spacial score (nSPS) is 12.4. The molecular formula is C20H32N2O3. The van der Waals surface area contributed by atoms with Gasteiger partial charge in [-0.25, -0.2) is 0 Å². The number of hydrogen-bond acceptors (Lipinski definition) is 3. The van der Waals surface area contributed by atoms with Crippen molar-refractivity contribution >= 4 is 11.8 Å². The van der Waals surface area contributed by atoms with Crippen molar-refractivity contribution in [3.63, 3.8) is 0 Å². The maximum atomic E-state index is 12.7. The maximum Gasteiger partial charge on any atom is 0.243 e. The van der Waals surface area contributed by atoms with E-state index in [0.717, 1.165) is 17.7 Å². The van der Waals surface area contributed by atoms with Crippen molar-refractivity contribution in [2.24, 2.45) is 0 Å². The van der Waals surface area contributed by atoms with E-state index in [1.54, 1.807) is 12.0 Å². The Hall–Kier alpha value is -2.04. The molecule has 1 N–H and O–H groups in total. The first kappa shape index (κ1) is 21.0. The number of benzene rings is 1. The van der Waals surface area contributed by atoms with Gasteiger partial charge in [-0.05, 0) is 51.3 Å². The third-order valence-electron chi connectivity index (χ3n) is 3.86. The van der Waals surface area contributed by atoms with Crippen LogP contribution in [0.3, 0.4) is 0 Å². The van der Waals surface area contributed by atoms with Gasteiger partial charge in [-0.3, -0.25) is 9.59 Å². The molecule has 0 radical (unpaired) electrons. The summed E-state index contributed by atoms with van der Waals surface area (Å²) in [5.41, 5.74) is 0.650. The van der Waals surface area contributed by atoms with Gasteiger partial charge in [0.15, 0.2) is 0 Å². The third-order valence-corrected chi connectivity index (χ3v) is 3.86. The highest BCUT2D eigenvalue weighted by Crippen LogP contribution is 2.17. The summed E-state index contributed by atoms with van der Waals surface area (Å²) in [7, 11) is 1.62. The zero-order valence-electron chi connectivity index (χ0n) is 16.4. The van der Waals surface area contributed by atoms with Crippen molar-refractivity contribution in [3.05, 3.63) is 29.8 Å². The SMILES string of the molecule is CCCC(=O)N(Cc1ccc(OC)cc1)[C@H](CC)C(=O)NC(C)(C)C. The van der Waals surface area contributed by atoms with Crippen LogP contribution in [0.15, 0.2) is 24.3 Å². The number of nitrogens with one attached hydrogen (secondary N) is 1. The van der Waals surface area contributed by atoms with Crippen LogP contribution < -0.4 is 10.1 Å². The molecule has 0 aromatic heterocycles. The molecule has 1 atom stereocenters. The second kappa shape index (κ2) is 9.44. The minimum atomic E-state index is -0.472. The summed E-state index contributed by atoms with van der Waals surface area (Å²) in [6, 6.07) is 7.13. The van der Waals surface area contributed by atoms with Gasteiger partial charge in [0, 0.05) is 18.5 Å². The maximum absolute atomic E-state index is 12.7.